The molecule has 0 radical (unpaired) electrons. The lowest BCUT2D eigenvalue weighted by Crippen LogP contribution is -2.13. The fourth-order valence-corrected chi connectivity index (χ4v) is 1.27. The second kappa shape index (κ2) is 5.77. The zero-order valence-electron chi connectivity index (χ0n) is 10.1. The maximum absolute atomic E-state index is 11.6. The Labute approximate surface area is 104 Å². The molecular weight excluding hydrogens is 234 g/mol. The summed E-state index contributed by atoms with van der Waals surface area (Å²) in [6.45, 7) is 2.86. The summed E-state index contributed by atoms with van der Waals surface area (Å²) >= 11 is 0. The van der Waals surface area contributed by atoms with Crippen LogP contribution in [0.2, 0.25) is 0 Å². The third kappa shape index (κ3) is 3.86. The number of hydrogen-bond donors (Lipinski definition) is 2. The van der Waals surface area contributed by atoms with Gasteiger partial charge in [0.25, 0.3) is 5.91 Å². The molecule has 0 unspecified atom stereocenters. The van der Waals surface area contributed by atoms with Crippen molar-refractivity contribution in [2.24, 2.45) is 0 Å². The minimum absolute atomic E-state index is 0.0603. The van der Waals surface area contributed by atoms with Gasteiger partial charge in [-0.2, -0.15) is 0 Å². The van der Waals surface area contributed by atoms with Crippen molar-refractivity contribution in [1.29, 1.82) is 0 Å². The summed E-state index contributed by atoms with van der Waals surface area (Å²) < 4.78 is 0. The normalized spacial score (nSPS) is 10.9. The lowest BCUT2D eigenvalue weighted by atomic mass is 10.1. The van der Waals surface area contributed by atoms with Crippen LogP contribution in [0.1, 0.15) is 24.2 Å². The van der Waals surface area contributed by atoms with Gasteiger partial charge in [0.1, 0.15) is 0 Å². The molecule has 0 spiro atoms. The molecular formula is C13H13NO4. The molecule has 0 heterocycles. The first-order valence-electron chi connectivity index (χ1n) is 5.23. The molecule has 0 atom stereocenters. The Morgan fingerprint density at radius 3 is 2.11 bits per heavy atom. The van der Waals surface area contributed by atoms with E-state index in [1.807, 2.05) is 0 Å². The Hall–Kier alpha value is -2.43. The summed E-state index contributed by atoms with van der Waals surface area (Å²) in [5.41, 5.74) is 1.15. The van der Waals surface area contributed by atoms with Crippen LogP contribution in [0.4, 0.5) is 5.69 Å². The van der Waals surface area contributed by atoms with Crippen LogP contribution in [0.3, 0.4) is 0 Å². The average Bonchev–Trinajstić information content (AvgIpc) is 2.28. The highest BCUT2D eigenvalue weighted by Crippen LogP contribution is 2.11. The van der Waals surface area contributed by atoms with Gasteiger partial charge in [0, 0.05) is 22.9 Å². The van der Waals surface area contributed by atoms with Crippen molar-refractivity contribution in [3.63, 3.8) is 0 Å². The van der Waals surface area contributed by atoms with Gasteiger partial charge in [0.2, 0.25) is 0 Å². The fraction of sp³-hybridized carbons (Fsp3) is 0.154. The molecule has 0 fully saturated rings. The van der Waals surface area contributed by atoms with E-state index in [0.29, 0.717) is 11.3 Å². The first-order chi connectivity index (χ1) is 8.40. The molecule has 94 valence electrons. The van der Waals surface area contributed by atoms with Gasteiger partial charge in [-0.3, -0.25) is 9.59 Å². The van der Waals surface area contributed by atoms with Crippen LogP contribution in [0.25, 0.3) is 0 Å². The molecule has 5 heteroatoms. The average molecular weight is 247 g/mol. The van der Waals surface area contributed by atoms with E-state index < -0.39 is 11.9 Å². The Balaban J connectivity index is 2.76. The van der Waals surface area contributed by atoms with E-state index in [-0.39, 0.29) is 11.4 Å². The number of ketones is 1. The number of rotatable bonds is 4. The molecule has 18 heavy (non-hydrogen) atoms. The van der Waals surface area contributed by atoms with Crippen molar-refractivity contribution in [1.82, 2.24) is 0 Å². The van der Waals surface area contributed by atoms with Crippen LogP contribution in [-0.2, 0) is 9.59 Å². The van der Waals surface area contributed by atoms with E-state index >= 15 is 0 Å². The predicted octanol–water partition coefficient (Wildman–Crippen LogP) is 1.86. The van der Waals surface area contributed by atoms with Gasteiger partial charge in [-0.15, -0.1) is 0 Å². The summed E-state index contributed by atoms with van der Waals surface area (Å²) in [5, 5.41) is 11.0. The Morgan fingerprint density at radius 1 is 1.11 bits per heavy atom. The van der Waals surface area contributed by atoms with Crippen LogP contribution < -0.4 is 5.32 Å². The van der Waals surface area contributed by atoms with Crippen LogP contribution in [0, 0.1) is 0 Å². The van der Waals surface area contributed by atoms with Gasteiger partial charge in [-0.05, 0) is 38.1 Å². The quantitative estimate of drug-likeness (QED) is 0.628. The Kier molecular flexibility index (Phi) is 4.37. The fourth-order valence-electron chi connectivity index (χ4n) is 1.27. The van der Waals surface area contributed by atoms with E-state index in [4.69, 9.17) is 5.11 Å². The zero-order valence-corrected chi connectivity index (χ0v) is 10.1. The van der Waals surface area contributed by atoms with Gasteiger partial charge < -0.3 is 10.4 Å². The number of anilines is 1. The number of Topliss-reactive ketones (excluding diaryl/α,β-unsaturated/α-hetero) is 1. The molecule has 1 rings (SSSR count). The lowest BCUT2D eigenvalue weighted by Gasteiger charge is -2.05. The van der Waals surface area contributed by atoms with E-state index in [1.54, 1.807) is 24.3 Å². The largest absolute Gasteiger partial charge is 0.478 e. The highest BCUT2D eigenvalue weighted by atomic mass is 16.4. The van der Waals surface area contributed by atoms with E-state index in [0.717, 1.165) is 6.08 Å². The molecule has 0 aliphatic heterocycles. The van der Waals surface area contributed by atoms with Gasteiger partial charge in [0.05, 0.1) is 0 Å². The molecule has 0 bridgehead atoms. The number of carboxylic acid groups (broad SMARTS) is 1. The number of carbonyl (C=O) groups is 3. The predicted molar refractivity (Wildman–Crippen MR) is 66.5 cm³/mol. The highest BCUT2D eigenvalue weighted by molar-refractivity contribution is 6.06. The van der Waals surface area contributed by atoms with E-state index in [1.165, 1.54) is 13.8 Å². The molecule has 0 saturated heterocycles. The van der Waals surface area contributed by atoms with Crippen molar-refractivity contribution >= 4 is 23.3 Å². The summed E-state index contributed by atoms with van der Waals surface area (Å²) in [6, 6.07) is 6.35. The van der Waals surface area contributed by atoms with E-state index in [9.17, 15) is 14.4 Å². The van der Waals surface area contributed by atoms with Crippen molar-refractivity contribution in [3.8, 4) is 0 Å². The second-order valence-corrected chi connectivity index (χ2v) is 3.75. The number of hydrogen-bond acceptors (Lipinski definition) is 3. The lowest BCUT2D eigenvalue weighted by molar-refractivity contribution is -0.131. The second-order valence-electron chi connectivity index (χ2n) is 3.75. The molecule has 1 aromatic rings. The topological polar surface area (TPSA) is 83.5 Å². The number of carbonyl (C=O) groups excluding carboxylic acids is 2. The van der Waals surface area contributed by atoms with Crippen LogP contribution in [-0.4, -0.2) is 22.8 Å². The van der Waals surface area contributed by atoms with Gasteiger partial charge in [-0.1, -0.05) is 0 Å². The maximum Gasteiger partial charge on any atom is 0.328 e. The van der Waals surface area contributed by atoms with Gasteiger partial charge in [-0.25, -0.2) is 4.79 Å². The number of nitrogens with one attached hydrogen (secondary N) is 1. The molecule has 1 aromatic carbocycles. The van der Waals surface area contributed by atoms with Gasteiger partial charge in [0.15, 0.2) is 5.78 Å². The number of benzene rings is 1. The van der Waals surface area contributed by atoms with Crippen LogP contribution in [0.5, 0.6) is 0 Å². The van der Waals surface area contributed by atoms with Crippen LogP contribution >= 0.6 is 0 Å². The Bertz CT molecular complexity index is 514. The minimum Gasteiger partial charge on any atom is -0.478 e. The third-order valence-corrected chi connectivity index (χ3v) is 2.25. The van der Waals surface area contributed by atoms with E-state index in [2.05, 4.69) is 5.32 Å². The molecule has 0 aromatic heterocycles. The first-order valence-corrected chi connectivity index (χ1v) is 5.23. The summed E-state index contributed by atoms with van der Waals surface area (Å²) in [4.78, 5) is 33.0. The molecule has 5 nitrogen and oxygen atoms in total. The summed E-state index contributed by atoms with van der Waals surface area (Å²) in [5.74, 6) is -1.72. The molecule has 0 aliphatic carbocycles. The van der Waals surface area contributed by atoms with Crippen molar-refractivity contribution < 1.29 is 19.5 Å². The summed E-state index contributed by atoms with van der Waals surface area (Å²) in [7, 11) is 0. The van der Waals surface area contributed by atoms with Crippen LogP contribution in [0.15, 0.2) is 35.9 Å². The Morgan fingerprint density at radius 2 is 1.67 bits per heavy atom. The first kappa shape index (κ1) is 13.6. The zero-order chi connectivity index (χ0) is 13.7. The molecule has 1 amide bonds. The minimum atomic E-state index is -1.17. The highest BCUT2D eigenvalue weighted by Gasteiger charge is 2.07. The number of carboxylic acids is 1. The number of aliphatic carboxylic acids is 1. The summed E-state index contributed by atoms with van der Waals surface area (Å²) in [6.07, 6.45) is 0.833. The third-order valence-electron chi connectivity index (χ3n) is 2.25. The molecule has 0 saturated carbocycles. The molecule has 0 aliphatic rings. The smallest absolute Gasteiger partial charge is 0.328 e. The van der Waals surface area contributed by atoms with Crippen molar-refractivity contribution in [2.45, 2.75) is 13.8 Å². The van der Waals surface area contributed by atoms with Gasteiger partial charge >= 0.3 is 5.97 Å². The standard InChI is InChI=1S/C13H13NO4/c1-8(7-12(16)17)13(18)14-11-5-3-10(4-6-11)9(2)15/h3-7H,1-2H3,(H,14,18)(H,16,17). The monoisotopic (exact) mass is 247 g/mol. The molecule has 2 N–H and O–H groups in total. The van der Waals surface area contributed by atoms with Crippen molar-refractivity contribution in [2.75, 3.05) is 5.32 Å². The maximum atomic E-state index is 11.6. The van der Waals surface area contributed by atoms with Crippen molar-refractivity contribution in [3.05, 3.63) is 41.5 Å². The SMILES string of the molecule is CC(=O)c1ccc(NC(=O)C(C)=CC(=O)O)cc1. The number of amides is 1.